The van der Waals surface area contributed by atoms with Gasteiger partial charge in [0.2, 0.25) is 0 Å². The van der Waals surface area contributed by atoms with E-state index in [1.807, 2.05) is 13.0 Å². The van der Waals surface area contributed by atoms with Crippen LogP contribution in [0.4, 0.5) is 29.3 Å². The first-order chi connectivity index (χ1) is 19.8. The van der Waals surface area contributed by atoms with E-state index in [9.17, 15) is 27.9 Å². The summed E-state index contributed by atoms with van der Waals surface area (Å²) < 4.78 is 46.9. The fourth-order valence-corrected chi connectivity index (χ4v) is 6.51. The van der Waals surface area contributed by atoms with Crippen molar-refractivity contribution >= 4 is 40.7 Å². The van der Waals surface area contributed by atoms with Gasteiger partial charge >= 0.3 is 12.3 Å². The molecule has 1 aromatic carbocycles. The number of carbonyl (C=O) groups excluding carboxylic acids is 1. The van der Waals surface area contributed by atoms with Crippen molar-refractivity contribution in [3.63, 3.8) is 0 Å². The third-order valence-corrected chi connectivity index (χ3v) is 8.49. The Balaban J connectivity index is 1.33. The lowest BCUT2D eigenvalue weighted by Gasteiger charge is -2.32. The summed E-state index contributed by atoms with van der Waals surface area (Å²) in [5.74, 6) is 0.127. The number of fused-ring (bicyclic) bond motifs is 2. The van der Waals surface area contributed by atoms with Gasteiger partial charge in [-0.1, -0.05) is 6.92 Å². The molecule has 0 spiro atoms. The van der Waals surface area contributed by atoms with Gasteiger partial charge in [0.1, 0.15) is 24.0 Å². The van der Waals surface area contributed by atoms with Crippen LogP contribution in [0.25, 0.3) is 0 Å². The van der Waals surface area contributed by atoms with Gasteiger partial charge in [0.15, 0.2) is 10.8 Å². The molecule has 0 aliphatic carbocycles. The van der Waals surface area contributed by atoms with Gasteiger partial charge in [-0.3, -0.25) is 14.6 Å². The number of amides is 2. The average Bonchev–Trinajstić information content (AvgIpc) is 3.58. The molecule has 1 N–H and O–H groups in total. The zero-order chi connectivity index (χ0) is 30.6. The highest BCUT2D eigenvalue weighted by Crippen LogP contribution is 2.40. The number of rotatable bonds is 7. The maximum atomic E-state index is 13.6. The molecule has 0 radical (unpaired) electrons. The predicted octanol–water partition coefficient (Wildman–Crippen LogP) is 4.27. The summed E-state index contributed by atoms with van der Waals surface area (Å²) in [4.78, 5) is 34.8. The Kier molecular flexibility index (Phi) is 7.53. The first-order valence-corrected chi connectivity index (χ1v) is 13.8. The smallest absolute Gasteiger partial charge is 0.419 e. The molecule has 0 saturated carbocycles. The van der Waals surface area contributed by atoms with Crippen molar-refractivity contribution in [1.29, 1.82) is 5.26 Å². The van der Waals surface area contributed by atoms with Crippen molar-refractivity contribution in [3.8, 4) is 11.8 Å². The lowest BCUT2D eigenvalue weighted by Crippen LogP contribution is -2.49. The Labute approximate surface area is 245 Å². The molecular formula is C28H29F3N6O4S. The van der Waals surface area contributed by atoms with E-state index in [0.29, 0.717) is 44.1 Å². The maximum absolute atomic E-state index is 13.6. The molecule has 2 amide bonds. The average molecular weight is 603 g/mol. The second-order valence-electron chi connectivity index (χ2n) is 11.0. The SMILES string of the molecule is CCc1cc(N2C(=S)N(c3cnc(C#N)c(C(F)(F)F)c3)C(=O)C2(C)C)ccc1OCCN1CC2CC1CN2C(=O)O. The summed E-state index contributed by atoms with van der Waals surface area (Å²) >= 11 is 5.62. The molecule has 222 valence electrons. The van der Waals surface area contributed by atoms with Crippen molar-refractivity contribution in [2.75, 3.05) is 36.0 Å². The molecule has 2 atom stereocenters. The minimum Gasteiger partial charge on any atom is -0.492 e. The monoisotopic (exact) mass is 602 g/mol. The molecule has 42 heavy (non-hydrogen) atoms. The number of likely N-dealkylation sites (tertiary alicyclic amines) is 2. The number of carbonyl (C=O) groups is 2. The lowest BCUT2D eigenvalue weighted by molar-refractivity contribution is -0.138. The number of carboxylic acid groups (broad SMARTS) is 1. The Morgan fingerprint density at radius 3 is 2.57 bits per heavy atom. The number of aromatic nitrogens is 1. The van der Waals surface area contributed by atoms with Gasteiger partial charge < -0.3 is 19.6 Å². The molecule has 3 saturated heterocycles. The third kappa shape index (κ3) is 5.00. The van der Waals surface area contributed by atoms with E-state index in [4.69, 9.17) is 22.2 Å². The van der Waals surface area contributed by atoms with Gasteiger partial charge in [-0.25, -0.2) is 9.78 Å². The highest BCUT2D eigenvalue weighted by molar-refractivity contribution is 7.81. The molecular weight excluding hydrogens is 573 g/mol. The molecule has 1 aromatic heterocycles. The first kappa shape index (κ1) is 29.5. The molecule has 3 aliphatic rings. The Bertz CT molecular complexity index is 1490. The number of thiocarbonyl (C=S) groups is 1. The van der Waals surface area contributed by atoms with Gasteiger partial charge in [-0.05, 0) is 68.7 Å². The number of hydrogen-bond acceptors (Lipinski definition) is 7. The lowest BCUT2D eigenvalue weighted by atomic mass is 10.0. The topological polar surface area (TPSA) is 113 Å². The normalized spacial score (nSPS) is 21.8. The summed E-state index contributed by atoms with van der Waals surface area (Å²) in [6, 6.07) is 7.76. The van der Waals surface area contributed by atoms with Crippen molar-refractivity contribution in [2.24, 2.45) is 0 Å². The quantitative estimate of drug-likeness (QED) is 0.465. The summed E-state index contributed by atoms with van der Waals surface area (Å²) in [5.41, 5.74) is -2.00. The fraction of sp³-hybridized carbons (Fsp3) is 0.464. The summed E-state index contributed by atoms with van der Waals surface area (Å²) in [7, 11) is 0. The van der Waals surface area contributed by atoms with E-state index in [-0.39, 0.29) is 22.9 Å². The number of aryl methyl sites for hydroxylation is 1. The second-order valence-corrected chi connectivity index (χ2v) is 11.3. The predicted molar refractivity (Wildman–Crippen MR) is 150 cm³/mol. The van der Waals surface area contributed by atoms with Crippen LogP contribution in [0.1, 0.15) is 44.0 Å². The van der Waals surface area contributed by atoms with E-state index < -0.39 is 35.0 Å². The number of benzene rings is 1. The van der Waals surface area contributed by atoms with Gasteiger partial charge in [0.05, 0.1) is 17.4 Å². The Morgan fingerprint density at radius 1 is 1.24 bits per heavy atom. The zero-order valence-corrected chi connectivity index (χ0v) is 24.0. The Hall–Kier alpha value is -3.96. The summed E-state index contributed by atoms with van der Waals surface area (Å²) in [5, 5.41) is 18.4. The van der Waals surface area contributed by atoms with Crippen LogP contribution in [0.5, 0.6) is 5.75 Å². The first-order valence-electron chi connectivity index (χ1n) is 13.4. The van der Waals surface area contributed by atoms with E-state index in [1.165, 1.54) is 11.0 Å². The molecule has 2 aromatic rings. The second kappa shape index (κ2) is 10.7. The number of anilines is 2. The van der Waals surface area contributed by atoms with Crippen LogP contribution in [-0.4, -0.2) is 80.9 Å². The number of pyridine rings is 1. The van der Waals surface area contributed by atoms with Crippen LogP contribution in [0.2, 0.25) is 0 Å². The van der Waals surface area contributed by atoms with Crippen LogP contribution in [0.3, 0.4) is 0 Å². The molecule has 3 aliphatic heterocycles. The number of piperazine rings is 1. The molecule has 5 rings (SSSR count). The van der Waals surface area contributed by atoms with Crippen LogP contribution < -0.4 is 14.5 Å². The molecule has 10 nitrogen and oxygen atoms in total. The van der Waals surface area contributed by atoms with Gasteiger partial charge in [0, 0.05) is 37.4 Å². The number of hydrogen-bond donors (Lipinski definition) is 1. The molecule has 14 heteroatoms. The summed E-state index contributed by atoms with van der Waals surface area (Å²) in [6.07, 6.45) is -3.24. The number of alkyl halides is 3. The standard InChI is InChI=1S/C28H29F3N6O4S/c1-4-16-9-17(5-6-23(16)41-8-7-34-14-20-10-19(34)15-35(20)26(39)40)37-25(42)36(24(38)27(37,2)3)18-11-21(28(29,30)31)22(12-32)33-13-18/h5-6,9,11,13,19-20H,4,7-8,10,14-15H2,1-3H3,(H,39,40). The molecule has 2 unspecified atom stereocenters. The van der Waals surface area contributed by atoms with Crippen LogP contribution >= 0.6 is 12.2 Å². The highest BCUT2D eigenvalue weighted by atomic mass is 32.1. The van der Waals surface area contributed by atoms with E-state index in [1.54, 1.807) is 30.9 Å². The van der Waals surface area contributed by atoms with Crippen molar-refractivity contribution in [2.45, 2.75) is 57.4 Å². The minimum atomic E-state index is -4.84. The number of nitriles is 1. The van der Waals surface area contributed by atoms with E-state index >= 15 is 0 Å². The number of ether oxygens (including phenoxy) is 1. The molecule has 2 bridgehead atoms. The Morgan fingerprint density at radius 2 is 1.98 bits per heavy atom. The fourth-order valence-electron chi connectivity index (χ4n) is 5.99. The van der Waals surface area contributed by atoms with Gasteiger partial charge in [-0.2, -0.15) is 18.4 Å². The van der Waals surface area contributed by atoms with Gasteiger partial charge in [-0.15, -0.1) is 0 Å². The third-order valence-electron chi connectivity index (χ3n) is 8.13. The van der Waals surface area contributed by atoms with Crippen molar-refractivity contribution < 1.29 is 32.6 Å². The van der Waals surface area contributed by atoms with Crippen LogP contribution in [-0.2, 0) is 17.4 Å². The summed E-state index contributed by atoms with van der Waals surface area (Å²) in [6.45, 7) is 7.49. The largest absolute Gasteiger partial charge is 0.492 e. The minimum absolute atomic E-state index is 0.0140. The molecule has 3 fully saturated rings. The number of halogens is 3. The zero-order valence-electron chi connectivity index (χ0n) is 23.2. The van der Waals surface area contributed by atoms with Crippen LogP contribution in [0.15, 0.2) is 30.5 Å². The molecule has 4 heterocycles. The number of nitrogens with zero attached hydrogens (tertiary/aromatic N) is 6. The van der Waals surface area contributed by atoms with Crippen molar-refractivity contribution in [3.05, 3.63) is 47.3 Å². The van der Waals surface area contributed by atoms with Crippen LogP contribution in [0, 0.1) is 11.3 Å². The van der Waals surface area contributed by atoms with E-state index in [0.717, 1.165) is 29.1 Å². The maximum Gasteiger partial charge on any atom is 0.419 e. The van der Waals surface area contributed by atoms with Gasteiger partial charge in [0.25, 0.3) is 5.91 Å². The van der Waals surface area contributed by atoms with E-state index in [2.05, 4.69) is 9.88 Å². The highest BCUT2D eigenvalue weighted by Gasteiger charge is 2.51. The van der Waals surface area contributed by atoms with Crippen molar-refractivity contribution in [1.82, 2.24) is 14.8 Å².